The zero-order valence-corrected chi connectivity index (χ0v) is 12.5. The maximum Gasteiger partial charge on any atom is 0.418 e. The lowest BCUT2D eigenvalue weighted by molar-refractivity contribution is -0.136. The normalized spacial score (nSPS) is 21.6. The molecule has 1 amide bonds. The molecule has 0 spiro atoms. The molecule has 0 radical (unpaired) electrons. The fourth-order valence-corrected chi connectivity index (χ4v) is 4.01. The minimum absolute atomic E-state index is 0.0575. The Labute approximate surface area is 125 Å². The number of sulfone groups is 1. The molecule has 1 unspecified atom stereocenters. The van der Waals surface area contributed by atoms with Crippen LogP contribution in [0.25, 0.3) is 0 Å². The first-order chi connectivity index (χ1) is 10.0. The molecule has 0 aliphatic carbocycles. The summed E-state index contributed by atoms with van der Waals surface area (Å²) in [6, 6.07) is 2.51. The van der Waals surface area contributed by atoms with Crippen molar-refractivity contribution >= 4 is 21.4 Å². The Kier molecular flexibility index (Phi) is 4.12. The molecule has 1 aromatic rings. The van der Waals surface area contributed by atoms with Crippen LogP contribution in [0.5, 0.6) is 0 Å². The molecule has 22 heavy (non-hydrogen) atoms. The standard InChI is InChI=1S/C13H15F3N2O3S/c1-8-7-22(20,21)6-5-18(8)12(19)9-3-2-4-10(11(9)17)13(14,15)16/h2-4,8H,5-7,17H2,1H3. The number of carbonyl (C=O) groups is 1. The van der Waals surface area contributed by atoms with Crippen LogP contribution in [0, 0.1) is 0 Å². The van der Waals surface area contributed by atoms with Crippen molar-refractivity contribution in [2.75, 3.05) is 23.8 Å². The van der Waals surface area contributed by atoms with Crippen molar-refractivity contribution in [3.63, 3.8) is 0 Å². The largest absolute Gasteiger partial charge is 0.418 e. The van der Waals surface area contributed by atoms with E-state index in [1.165, 1.54) is 11.0 Å². The minimum atomic E-state index is -4.66. The average Bonchev–Trinajstić information content (AvgIpc) is 2.35. The summed E-state index contributed by atoms with van der Waals surface area (Å²) in [5.74, 6) is -1.11. The first-order valence-electron chi connectivity index (χ1n) is 6.50. The smallest absolute Gasteiger partial charge is 0.398 e. The van der Waals surface area contributed by atoms with E-state index in [1.54, 1.807) is 6.92 Å². The molecule has 1 fully saturated rings. The summed E-state index contributed by atoms with van der Waals surface area (Å²) in [6.07, 6.45) is -4.66. The number of alkyl halides is 3. The second-order valence-corrected chi connectivity index (χ2v) is 7.46. The molecule has 1 atom stereocenters. The summed E-state index contributed by atoms with van der Waals surface area (Å²) in [7, 11) is -3.23. The van der Waals surface area contributed by atoms with Gasteiger partial charge in [-0.25, -0.2) is 8.42 Å². The predicted octanol–water partition coefficient (Wildman–Crippen LogP) is 1.55. The van der Waals surface area contributed by atoms with Gasteiger partial charge in [0, 0.05) is 12.6 Å². The Hall–Kier alpha value is -1.77. The van der Waals surface area contributed by atoms with Gasteiger partial charge in [0.15, 0.2) is 9.84 Å². The number of benzene rings is 1. The van der Waals surface area contributed by atoms with Gasteiger partial charge < -0.3 is 10.6 Å². The molecule has 0 bridgehead atoms. The molecule has 1 aliphatic heterocycles. The van der Waals surface area contributed by atoms with Crippen LogP contribution < -0.4 is 5.73 Å². The van der Waals surface area contributed by atoms with Crippen LogP contribution in [0.2, 0.25) is 0 Å². The number of anilines is 1. The molecule has 2 N–H and O–H groups in total. The van der Waals surface area contributed by atoms with Crippen LogP contribution in [-0.2, 0) is 16.0 Å². The first kappa shape index (κ1) is 16.6. The van der Waals surface area contributed by atoms with Gasteiger partial charge in [-0.15, -0.1) is 0 Å². The molecule has 1 heterocycles. The van der Waals surface area contributed by atoms with Crippen LogP contribution in [-0.4, -0.2) is 43.3 Å². The highest BCUT2D eigenvalue weighted by atomic mass is 32.2. The van der Waals surface area contributed by atoms with Crippen molar-refractivity contribution in [2.45, 2.75) is 19.1 Å². The molecule has 9 heteroatoms. The zero-order chi connectivity index (χ0) is 16.7. The molecule has 1 aliphatic rings. The van der Waals surface area contributed by atoms with Gasteiger partial charge >= 0.3 is 6.18 Å². The molecular weight excluding hydrogens is 321 g/mol. The Morgan fingerprint density at radius 1 is 1.36 bits per heavy atom. The predicted molar refractivity (Wildman–Crippen MR) is 75.0 cm³/mol. The SMILES string of the molecule is CC1CS(=O)(=O)CCN1C(=O)c1cccc(C(F)(F)F)c1N. The summed E-state index contributed by atoms with van der Waals surface area (Å²) in [5, 5.41) is 0. The molecule has 5 nitrogen and oxygen atoms in total. The van der Waals surface area contributed by atoms with Crippen LogP contribution >= 0.6 is 0 Å². The highest BCUT2D eigenvalue weighted by molar-refractivity contribution is 7.91. The lowest BCUT2D eigenvalue weighted by Crippen LogP contribution is -2.49. The fraction of sp³-hybridized carbons (Fsp3) is 0.462. The fourth-order valence-electron chi connectivity index (χ4n) is 2.45. The second-order valence-electron chi connectivity index (χ2n) is 5.23. The van der Waals surface area contributed by atoms with E-state index in [0.717, 1.165) is 12.1 Å². The third kappa shape index (κ3) is 3.18. The van der Waals surface area contributed by atoms with E-state index in [9.17, 15) is 26.4 Å². The number of halogens is 3. The lowest BCUT2D eigenvalue weighted by atomic mass is 10.1. The number of carbonyl (C=O) groups excluding carboxylic acids is 1. The summed E-state index contributed by atoms with van der Waals surface area (Å²) in [4.78, 5) is 13.6. The van der Waals surface area contributed by atoms with Gasteiger partial charge in [-0.2, -0.15) is 13.2 Å². The Morgan fingerprint density at radius 3 is 2.55 bits per heavy atom. The zero-order valence-electron chi connectivity index (χ0n) is 11.7. The van der Waals surface area contributed by atoms with E-state index in [4.69, 9.17) is 5.73 Å². The van der Waals surface area contributed by atoms with E-state index < -0.39 is 39.2 Å². The van der Waals surface area contributed by atoms with Crippen molar-refractivity contribution in [1.29, 1.82) is 0 Å². The van der Waals surface area contributed by atoms with Crippen LogP contribution in [0.1, 0.15) is 22.8 Å². The molecule has 1 saturated heterocycles. The third-order valence-corrected chi connectivity index (χ3v) is 5.37. The van der Waals surface area contributed by atoms with E-state index in [-0.39, 0.29) is 23.6 Å². The topological polar surface area (TPSA) is 80.5 Å². The van der Waals surface area contributed by atoms with Gasteiger partial charge in [-0.3, -0.25) is 4.79 Å². The van der Waals surface area contributed by atoms with Gasteiger partial charge in [-0.05, 0) is 19.1 Å². The summed E-state index contributed by atoms with van der Waals surface area (Å²) in [5.41, 5.74) is 3.52. The molecule has 0 saturated carbocycles. The van der Waals surface area contributed by atoms with Gasteiger partial charge in [-0.1, -0.05) is 6.07 Å². The van der Waals surface area contributed by atoms with Crippen molar-refractivity contribution in [1.82, 2.24) is 4.90 Å². The molecule has 122 valence electrons. The van der Waals surface area contributed by atoms with Crippen LogP contribution in [0.3, 0.4) is 0 Å². The summed E-state index contributed by atoms with van der Waals surface area (Å²) < 4.78 is 61.5. The number of rotatable bonds is 1. The third-order valence-electron chi connectivity index (χ3n) is 3.57. The maximum atomic E-state index is 12.8. The molecule has 2 rings (SSSR count). The summed E-state index contributed by atoms with van der Waals surface area (Å²) >= 11 is 0. The van der Waals surface area contributed by atoms with Crippen molar-refractivity contribution < 1.29 is 26.4 Å². The Bertz CT molecular complexity index is 701. The molecule has 0 aromatic heterocycles. The van der Waals surface area contributed by atoms with E-state index in [1.807, 2.05) is 0 Å². The monoisotopic (exact) mass is 336 g/mol. The highest BCUT2D eigenvalue weighted by Crippen LogP contribution is 2.35. The van der Waals surface area contributed by atoms with Crippen molar-refractivity contribution in [3.8, 4) is 0 Å². The van der Waals surface area contributed by atoms with E-state index in [2.05, 4.69) is 0 Å². The number of hydrogen-bond acceptors (Lipinski definition) is 4. The van der Waals surface area contributed by atoms with Crippen molar-refractivity contribution in [3.05, 3.63) is 29.3 Å². The van der Waals surface area contributed by atoms with Gasteiger partial charge in [0.1, 0.15) is 0 Å². The number of amides is 1. The number of nitrogens with two attached hydrogens (primary N) is 1. The Balaban J connectivity index is 2.35. The van der Waals surface area contributed by atoms with Gasteiger partial charge in [0.05, 0.1) is 28.3 Å². The molecule has 1 aromatic carbocycles. The van der Waals surface area contributed by atoms with Crippen molar-refractivity contribution in [2.24, 2.45) is 0 Å². The first-order valence-corrected chi connectivity index (χ1v) is 8.32. The van der Waals surface area contributed by atoms with Gasteiger partial charge in [0.25, 0.3) is 5.91 Å². The number of nitrogens with zero attached hydrogens (tertiary/aromatic N) is 1. The number of hydrogen-bond donors (Lipinski definition) is 1. The van der Waals surface area contributed by atoms with Crippen LogP contribution in [0.4, 0.5) is 18.9 Å². The average molecular weight is 336 g/mol. The van der Waals surface area contributed by atoms with E-state index >= 15 is 0 Å². The molecular formula is C13H15F3N2O3S. The van der Waals surface area contributed by atoms with Crippen LogP contribution in [0.15, 0.2) is 18.2 Å². The minimum Gasteiger partial charge on any atom is -0.398 e. The lowest BCUT2D eigenvalue weighted by Gasteiger charge is -2.33. The summed E-state index contributed by atoms with van der Waals surface area (Å²) in [6.45, 7) is 1.48. The number of nitrogen functional groups attached to an aromatic ring is 1. The van der Waals surface area contributed by atoms with E-state index in [0.29, 0.717) is 0 Å². The number of para-hydroxylation sites is 1. The Morgan fingerprint density at radius 2 is 2.00 bits per heavy atom. The quantitative estimate of drug-likeness (QED) is 0.789. The second kappa shape index (κ2) is 5.45. The maximum absolute atomic E-state index is 12.8. The van der Waals surface area contributed by atoms with Gasteiger partial charge in [0.2, 0.25) is 0 Å². The highest BCUT2D eigenvalue weighted by Gasteiger charge is 2.37.